The predicted molar refractivity (Wildman–Crippen MR) is 95.7 cm³/mol. The zero-order valence-electron chi connectivity index (χ0n) is 13.7. The molecular formula is C20H24N2O. The van der Waals surface area contributed by atoms with Crippen molar-refractivity contribution in [1.29, 1.82) is 0 Å². The lowest BCUT2D eigenvalue weighted by Crippen LogP contribution is -2.33. The highest BCUT2D eigenvalue weighted by atomic mass is 16.3. The SMILES string of the molecule is CC1CCN(CC(O)Cn2c3ccccc3c3ccccc32)C1. The maximum absolute atomic E-state index is 10.6. The fourth-order valence-corrected chi connectivity index (χ4v) is 3.96. The van der Waals surface area contributed by atoms with Gasteiger partial charge in [0.25, 0.3) is 0 Å². The molecule has 1 N–H and O–H groups in total. The molecule has 1 aromatic heterocycles. The Morgan fingerprint density at radius 2 is 1.61 bits per heavy atom. The van der Waals surface area contributed by atoms with E-state index < -0.39 is 0 Å². The smallest absolute Gasteiger partial charge is 0.0845 e. The third kappa shape index (κ3) is 2.75. The maximum atomic E-state index is 10.6. The molecule has 0 saturated carbocycles. The molecule has 3 nitrogen and oxygen atoms in total. The second-order valence-corrected chi connectivity index (χ2v) is 6.95. The number of nitrogens with zero attached hydrogens (tertiary/aromatic N) is 2. The van der Waals surface area contributed by atoms with E-state index in [1.807, 2.05) is 0 Å². The summed E-state index contributed by atoms with van der Waals surface area (Å²) in [4.78, 5) is 2.39. The van der Waals surface area contributed by atoms with Crippen LogP contribution >= 0.6 is 0 Å². The van der Waals surface area contributed by atoms with E-state index in [1.165, 1.54) is 28.2 Å². The van der Waals surface area contributed by atoms with E-state index in [2.05, 4.69) is 64.9 Å². The van der Waals surface area contributed by atoms with Gasteiger partial charge in [0.1, 0.15) is 0 Å². The van der Waals surface area contributed by atoms with Gasteiger partial charge < -0.3 is 14.6 Å². The number of fused-ring (bicyclic) bond motifs is 3. The molecule has 0 aliphatic carbocycles. The molecule has 120 valence electrons. The van der Waals surface area contributed by atoms with Gasteiger partial charge in [-0.1, -0.05) is 43.3 Å². The summed E-state index contributed by atoms with van der Waals surface area (Å²) in [5, 5.41) is 13.2. The van der Waals surface area contributed by atoms with E-state index in [-0.39, 0.29) is 6.10 Å². The number of para-hydroxylation sites is 2. The van der Waals surface area contributed by atoms with Crippen molar-refractivity contribution < 1.29 is 5.11 Å². The molecule has 2 atom stereocenters. The average molecular weight is 308 g/mol. The van der Waals surface area contributed by atoms with Crippen molar-refractivity contribution in [1.82, 2.24) is 9.47 Å². The van der Waals surface area contributed by atoms with E-state index >= 15 is 0 Å². The Kier molecular flexibility index (Phi) is 3.83. The minimum absolute atomic E-state index is 0.334. The lowest BCUT2D eigenvalue weighted by atomic mass is 10.2. The number of benzene rings is 2. The first-order chi connectivity index (χ1) is 11.2. The predicted octanol–water partition coefficient (Wildman–Crippen LogP) is 3.50. The minimum atomic E-state index is -0.334. The van der Waals surface area contributed by atoms with Crippen LogP contribution in [0, 0.1) is 5.92 Å². The normalized spacial score (nSPS) is 20.5. The summed E-state index contributed by atoms with van der Waals surface area (Å²) >= 11 is 0. The highest BCUT2D eigenvalue weighted by molar-refractivity contribution is 6.07. The van der Waals surface area contributed by atoms with Crippen LogP contribution in [0.25, 0.3) is 21.8 Å². The Hall–Kier alpha value is -1.84. The van der Waals surface area contributed by atoms with E-state index in [0.717, 1.165) is 25.6 Å². The van der Waals surface area contributed by atoms with Gasteiger partial charge in [0.15, 0.2) is 0 Å². The molecule has 1 fully saturated rings. The van der Waals surface area contributed by atoms with Crippen LogP contribution in [0.2, 0.25) is 0 Å². The van der Waals surface area contributed by atoms with E-state index in [0.29, 0.717) is 6.54 Å². The van der Waals surface area contributed by atoms with Crippen molar-refractivity contribution >= 4 is 21.8 Å². The monoisotopic (exact) mass is 308 g/mol. The van der Waals surface area contributed by atoms with Crippen molar-refractivity contribution in [2.75, 3.05) is 19.6 Å². The first kappa shape index (κ1) is 14.7. The highest BCUT2D eigenvalue weighted by Crippen LogP contribution is 2.29. The van der Waals surface area contributed by atoms with Gasteiger partial charge in [0.2, 0.25) is 0 Å². The molecule has 1 aliphatic heterocycles. The van der Waals surface area contributed by atoms with Crippen LogP contribution < -0.4 is 0 Å². The molecule has 0 radical (unpaired) electrons. The Morgan fingerprint density at radius 3 is 2.17 bits per heavy atom. The summed E-state index contributed by atoms with van der Waals surface area (Å²) in [6.07, 6.45) is 0.918. The number of aromatic nitrogens is 1. The van der Waals surface area contributed by atoms with Crippen LogP contribution in [-0.4, -0.2) is 40.3 Å². The quantitative estimate of drug-likeness (QED) is 0.799. The van der Waals surface area contributed by atoms with Crippen molar-refractivity contribution in [3.63, 3.8) is 0 Å². The molecule has 1 saturated heterocycles. The summed E-state index contributed by atoms with van der Waals surface area (Å²) in [5.74, 6) is 0.760. The Morgan fingerprint density at radius 1 is 1.00 bits per heavy atom. The molecular weight excluding hydrogens is 284 g/mol. The van der Waals surface area contributed by atoms with Gasteiger partial charge in [-0.25, -0.2) is 0 Å². The average Bonchev–Trinajstić information content (AvgIpc) is 3.10. The Labute approximate surface area is 137 Å². The molecule has 4 rings (SSSR count). The molecule has 1 aliphatic rings. The first-order valence-electron chi connectivity index (χ1n) is 8.59. The summed E-state index contributed by atoms with van der Waals surface area (Å²) in [6.45, 7) is 5.94. The van der Waals surface area contributed by atoms with Crippen LogP contribution in [0.3, 0.4) is 0 Å². The lowest BCUT2D eigenvalue weighted by molar-refractivity contribution is 0.110. The van der Waals surface area contributed by atoms with Gasteiger partial charge in [-0.15, -0.1) is 0 Å². The number of hydrogen-bond acceptors (Lipinski definition) is 2. The Balaban J connectivity index is 1.64. The third-order valence-corrected chi connectivity index (χ3v) is 5.05. The number of aliphatic hydroxyl groups is 1. The number of aliphatic hydroxyl groups excluding tert-OH is 1. The zero-order chi connectivity index (χ0) is 15.8. The van der Waals surface area contributed by atoms with Crippen molar-refractivity contribution in [2.24, 2.45) is 5.92 Å². The molecule has 23 heavy (non-hydrogen) atoms. The fraction of sp³-hybridized carbons (Fsp3) is 0.400. The molecule has 0 amide bonds. The van der Waals surface area contributed by atoms with Crippen LogP contribution in [-0.2, 0) is 6.54 Å². The summed E-state index contributed by atoms with van der Waals surface area (Å²) in [5.41, 5.74) is 2.42. The van der Waals surface area contributed by atoms with Crippen LogP contribution in [0.5, 0.6) is 0 Å². The van der Waals surface area contributed by atoms with Crippen molar-refractivity contribution in [2.45, 2.75) is 26.0 Å². The largest absolute Gasteiger partial charge is 0.390 e. The lowest BCUT2D eigenvalue weighted by Gasteiger charge is -2.21. The van der Waals surface area contributed by atoms with Gasteiger partial charge in [-0.05, 0) is 31.0 Å². The van der Waals surface area contributed by atoms with Crippen LogP contribution in [0.4, 0.5) is 0 Å². The maximum Gasteiger partial charge on any atom is 0.0845 e. The van der Waals surface area contributed by atoms with Gasteiger partial charge in [-0.3, -0.25) is 0 Å². The number of rotatable bonds is 4. The van der Waals surface area contributed by atoms with Crippen LogP contribution in [0.15, 0.2) is 48.5 Å². The van der Waals surface area contributed by atoms with E-state index in [4.69, 9.17) is 0 Å². The number of β-amino-alcohol motifs (C(OH)–C–C–N with tert-alkyl or cyclic N) is 1. The number of hydrogen-bond donors (Lipinski definition) is 1. The third-order valence-electron chi connectivity index (χ3n) is 5.05. The van der Waals surface area contributed by atoms with Gasteiger partial charge in [0, 0.05) is 34.9 Å². The van der Waals surface area contributed by atoms with Crippen molar-refractivity contribution in [3.8, 4) is 0 Å². The minimum Gasteiger partial charge on any atom is -0.390 e. The molecule has 0 spiro atoms. The molecule has 3 aromatic rings. The van der Waals surface area contributed by atoms with Gasteiger partial charge in [-0.2, -0.15) is 0 Å². The van der Waals surface area contributed by atoms with E-state index in [9.17, 15) is 5.11 Å². The fourth-order valence-electron chi connectivity index (χ4n) is 3.96. The summed E-state index contributed by atoms with van der Waals surface area (Å²) in [7, 11) is 0. The zero-order valence-corrected chi connectivity index (χ0v) is 13.7. The molecule has 2 heterocycles. The second-order valence-electron chi connectivity index (χ2n) is 6.95. The highest BCUT2D eigenvalue weighted by Gasteiger charge is 2.21. The standard InChI is InChI=1S/C20H24N2O/c1-15-10-11-21(12-15)13-16(23)14-22-19-8-4-2-6-17(19)18-7-3-5-9-20(18)22/h2-9,15-16,23H,10-14H2,1H3. The Bertz CT molecular complexity index is 769. The summed E-state index contributed by atoms with van der Waals surface area (Å²) < 4.78 is 2.27. The molecule has 0 bridgehead atoms. The topological polar surface area (TPSA) is 28.4 Å². The number of likely N-dealkylation sites (tertiary alicyclic amines) is 1. The first-order valence-corrected chi connectivity index (χ1v) is 8.59. The van der Waals surface area contributed by atoms with Crippen LogP contribution in [0.1, 0.15) is 13.3 Å². The van der Waals surface area contributed by atoms with Crippen molar-refractivity contribution in [3.05, 3.63) is 48.5 Å². The van der Waals surface area contributed by atoms with Gasteiger partial charge in [0.05, 0.1) is 12.6 Å². The van der Waals surface area contributed by atoms with Gasteiger partial charge >= 0.3 is 0 Å². The molecule has 2 unspecified atom stereocenters. The second kappa shape index (κ2) is 5.99. The van der Waals surface area contributed by atoms with E-state index in [1.54, 1.807) is 0 Å². The molecule has 3 heteroatoms. The summed E-state index contributed by atoms with van der Waals surface area (Å²) in [6, 6.07) is 17.0. The molecule has 2 aromatic carbocycles.